The normalized spacial score (nSPS) is 9.82. The Morgan fingerprint density at radius 3 is 2.47 bits per heavy atom. The van der Waals surface area contributed by atoms with Crippen molar-refractivity contribution in [3.8, 4) is 0 Å². The monoisotopic (exact) mass is 236 g/mol. The second kappa shape index (κ2) is 6.93. The van der Waals surface area contributed by atoms with Crippen molar-refractivity contribution >= 4 is 24.3 Å². The van der Waals surface area contributed by atoms with Gasteiger partial charge in [-0.15, -0.1) is 0 Å². The van der Waals surface area contributed by atoms with E-state index >= 15 is 0 Å². The third-order valence-corrected chi connectivity index (χ3v) is 2.28. The van der Waals surface area contributed by atoms with Gasteiger partial charge in [-0.25, -0.2) is 4.79 Å². The molecule has 0 atom stereocenters. The van der Waals surface area contributed by atoms with Crippen LogP contribution in [0.3, 0.4) is 0 Å². The molecule has 0 spiro atoms. The summed E-state index contributed by atoms with van der Waals surface area (Å²) in [5.41, 5.74) is 1.00. The second-order valence-electron chi connectivity index (χ2n) is 3.73. The molecule has 5 nitrogen and oxygen atoms in total. The van der Waals surface area contributed by atoms with Gasteiger partial charge in [0.15, 0.2) is 0 Å². The van der Waals surface area contributed by atoms with Gasteiger partial charge in [0.2, 0.25) is 0 Å². The Balaban J connectivity index is 2.43. The number of hydrogen-bond donors (Lipinski definition) is 4. The molecule has 0 unspecified atom stereocenters. The number of benzene rings is 1. The van der Waals surface area contributed by atoms with Crippen LogP contribution in [0.15, 0.2) is 24.3 Å². The predicted molar refractivity (Wildman–Crippen MR) is 68.2 cm³/mol. The summed E-state index contributed by atoms with van der Waals surface area (Å²) in [6.45, 7) is 2.70. The van der Waals surface area contributed by atoms with Crippen molar-refractivity contribution in [2.75, 3.05) is 11.9 Å². The number of anilines is 1. The van der Waals surface area contributed by atoms with Crippen molar-refractivity contribution in [1.82, 2.24) is 5.32 Å². The van der Waals surface area contributed by atoms with Crippen LogP contribution in [0.25, 0.3) is 0 Å². The molecule has 17 heavy (non-hydrogen) atoms. The maximum atomic E-state index is 11.4. The zero-order chi connectivity index (χ0) is 12.7. The van der Waals surface area contributed by atoms with Gasteiger partial charge in [-0.05, 0) is 24.0 Å². The van der Waals surface area contributed by atoms with Crippen molar-refractivity contribution in [2.45, 2.75) is 19.8 Å². The Morgan fingerprint density at radius 1 is 1.29 bits per heavy atom. The first-order valence-electron chi connectivity index (χ1n) is 5.64. The molecule has 2 amide bonds. The smallest absolute Gasteiger partial charge is 0.423 e. The first-order chi connectivity index (χ1) is 8.13. The van der Waals surface area contributed by atoms with Gasteiger partial charge in [0.05, 0.1) is 0 Å². The van der Waals surface area contributed by atoms with Crippen molar-refractivity contribution in [1.29, 1.82) is 0 Å². The topological polar surface area (TPSA) is 81.6 Å². The highest BCUT2D eigenvalue weighted by molar-refractivity contribution is 6.58. The lowest BCUT2D eigenvalue weighted by atomic mass is 9.80. The third-order valence-electron chi connectivity index (χ3n) is 2.28. The Kier molecular flexibility index (Phi) is 5.52. The van der Waals surface area contributed by atoms with Gasteiger partial charge in [-0.2, -0.15) is 0 Å². The summed E-state index contributed by atoms with van der Waals surface area (Å²) in [5, 5.41) is 23.2. The van der Waals surface area contributed by atoms with E-state index in [-0.39, 0.29) is 6.03 Å². The highest BCUT2D eigenvalue weighted by atomic mass is 16.4. The molecular formula is C11H17BN2O3. The summed E-state index contributed by atoms with van der Waals surface area (Å²) in [6, 6.07) is 6.08. The Bertz CT molecular complexity index is 354. The van der Waals surface area contributed by atoms with Crippen LogP contribution in [0.4, 0.5) is 10.5 Å². The van der Waals surface area contributed by atoms with Gasteiger partial charge in [0.1, 0.15) is 0 Å². The Hall–Kier alpha value is -1.53. The Labute approximate surface area is 101 Å². The van der Waals surface area contributed by atoms with Crippen LogP contribution in [0.1, 0.15) is 19.8 Å². The summed E-state index contributed by atoms with van der Waals surface area (Å²) < 4.78 is 0. The first-order valence-corrected chi connectivity index (χ1v) is 5.64. The largest absolute Gasteiger partial charge is 0.488 e. The molecule has 0 aliphatic rings. The summed E-state index contributed by atoms with van der Waals surface area (Å²) in [6.07, 6.45) is 1.98. The maximum Gasteiger partial charge on any atom is 0.488 e. The fraction of sp³-hybridized carbons (Fsp3) is 0.364. The zero-order valence-corrected chi connectivity index (χ0v) is 9.81. The fourth-order valence-electron chi connectivity index (χ4n) is 1.29. The number of urea groups is 1. The van der Waals surface area contributed by atoms with E-state index in [9.17, 15) is 4.79 Å². The molecule has 0 fully saturated rings. The minimum absolute atomic E-state index is 0.254. The van der Waals surface area contributed by atoms with Gasteiger partial charge >= 0.3 is 13.1 Å². The number of carbonyl (C=O) groups excluding carboxylic acids is 1. The fourth-order valence-corrected chi connectivity index (χ4v) is 1.29. The van der Waals surface area contributed by atoms with E-state index in [1.165, 1.54) is 0 Å². The zero-order valence-electron chi connectivity index (χ0n) is 9.81. The molecule has 0 aliphatic heterocycles. The lowest BCUT2D eigenvalue weighted by Crippen LogP contribution is -2.31. The SMILES string of the molecule is CCCCNC(=O)Nc1ccc(B(O)O)cc1. The molecule has 6 heteroatoms. The third kappa shape index (κ3) is 4.88. The summed E-state index contributed by atoms with van der Waals surface area (Å²) in [4.78, 5) is 11.4. The van der Waals surface area contributed by atoms with E-state index in [1.54, 1.807) is 24.3 Å². The molecule has 0 aliphatic carbocycles. The van der Waals surface area contributed by atoms with E-state index in [0.29, 0.717) is 17.7 Å². The number of hydrogen-bond acceptors (Lipinski definition) is 3. The van der Waals surface area contributed by atoms with E-state index in [1.807, 2.05) is 0 Å². The molecule has 4 N–H and O–H groups in total. The molecule has 0 saturated heterocycles. The number of rotatable bonds is 5. The van der Waals surface area contributed by atoms with Crippen molar-refractivity contribution in [3.63, 3.8) is 0 Å². The summed E-state index contributed by atoms with van der Waals surface area (Å²) >= 11 is 0. The molecule has 1 rings (SSSR count). The first kappa shape index (κ1) is 13.5. The summed E-state index contributed by atoms with van der Waals surface area (Å²) in [5.74, 6) is 0. The van der Waals surface area contributed by atoms with E-state index in [4.69, 9.17) is 10.0 Å². The van der Waals surface area contributed by atoms with E-state index in [0.717, 1.165) is 12.8 Å². The minimum atomic E-state index is -1.48. The van der Waals surface area contributed by atoms with Crippen LogP contribution in [-0.2, 0) is 0 Å². The lowest BCUT2D eigenvalue weighted by Gasteiger charge is -2.07. The highest BCUT2D eigenvalue weighted by Crippen LogP contribution is 2.03. The average Bonchev–Trinajstić information content (AvgIpc) is 2.30. The molecule has 0 saturated carbocycles. The van der Waals surface area contributed by atoms with Crippen LogP contribution in [0.2, 0.25) is 0 Å². The van der Waals surface area contributed by atoms with Crippen LogP contribution in [0, 0.1) is 0 Å². The molecule has 0 bridgehead atoms. The lowest BCUT2D eigenvalue weighted by molar-refractivity contribution is 0.252. The minimum Gasteiger partial charge on any atom is -0.423 e. The van der Waals surface area contributed by atoms with Crippen LogP contribution >= 0.6 is 0 Å². The van der Waals surface area contributed by atoms with E-state index in [2.05, 4.69) is 17.6 Å². The van der Waals surface area contributed by atoms with Crippen molar-refractivity contribution in [2.24, 2.45) is 0 Å². The standard InChI is InChI=1S/C11H17BN2O3/c1-2-3-8-13-11(15)14-10-6-4-9(5-7-10)12(16)17/h4-7,16-17H,2-3,8H2,1H3,(H2,13,14,15). The van der Waals surface area contributed by atoms with Crippen LogP contribution < -0.4 is 16.1 Å². The van der Waals surface area contributed by atoms with Gasteiger partial charge in [-0.3, -0.25) is 0 Å². The second-order valence-corrected chi connectivity index (χ2v) is 3.73. The number of amides is 2. The van der Waals surface area contributed by atoms with Gasteiger partial charge in [-0.1, -0.05) is 25.5 Å². The number of carbonyl (C=O) groups is 1. The number of unbranched alkanes of at least 4 members (excludes halogenated alkanes) is 1. The Morgan fingerprint density at radius 2 is 1.94 bits per heavy atom. The molecule has 0 radical (unpaired) electrons. The molecular weight excluding hydrogens is 219 g/mol. The summed E-state index contributed by atoms with van der Waals surface area (Å²) in [7, 11) is -1.48. The maximum absolute atomic E-state index is 11.4. The van der Waals surface area contributed by atoms with Gasteiger partial charge in [0, 0.05) is 12.2 Å². The molecule has 1 aromatic rings. The molecule has 92 valence electrons. The predicted octanol–water partition coefficient (Wildman–Crippen LogP) is 0.288. The average molecular weight is 236 g/mol. The van der Waals surface area contributed by atoms with Crippen molar-refractivity contribution < 1.29 is 14.8 Å². The highest BCUT2D eigenvalue weighted by Gasteiger charge is 2.10. The van der Waals surface area contributed by atoms with Gasteiger partial charge in [0.25, 0.3) is 0 Å². The number of nitrogens with one attached hydrogen (secondary N) is 2. The van der Waals surface area contributed by atoms with Crippen molar-refractivity contribution in [3.05, 3.63) is 24.3 Å². The van der Waals surface area contributed by atoms with Crippen LogP contribution in [0.5, 0.6) is 0 Å². The van der Waals surface area contributed by atoms with E-state index < -0.39 is 7.12 Å². The molecule has 0 aromatic heterocycles. The quantitative estimate of drug-likeness (QED) is 0.438. The molecule has 0 heterocycles. The molecule has 1 aromatic carbocycles. The van der Waals surface area contributed by atoms with Gasteiger partial charge < -0.3 is 20.7 Å². The van der Waals surface area contributed by atoms with Crippen LogP contribution in [-0.4, -0.2) is 29.7 Å².